The highest BCUT2D eigenvalue weighted by atomic mass is 16.5. The van der Waals surface area contributed by atoms with Crippen LogP contribution in [-0.2, 0) is 25.5 Å². The van der Waals surface area contributed by atoms with Gasteiger partial charge in [-0.3, -0.25) is 14.4 Å². The van der Waals surface area contributed by atoms with Gasteiger partial charge in [0.25, 0.3) is 0 Å². The van der Waals surface area contributed by atoms with Gasteiger partial charge in [-0.2, -0.15) is 0 Å². The molecule has 0 bridgehead atoms. The van der Waals surface area contributed by atoms with E-state index in [0.29, 0.717) is 12.8 Å². The summed E-state index contributed by atoms with van der Waals surface area (Å²) >= 11 is 0. The molecule has 7 nitrogen and oxygen atoms in total. The summed E-state index contributed by atoms with van der Waals surface area (Å²) in [7, 11) is 1.44. The number of amides is 2. The van der Waals surface area contributed by atoms with Crippen LogP contribution in [-0.4, -0.2) is 48.7 Å². The van der Waals surface area contributed by atoms with E-state index in [1.807, 2.05) is 24.3 Å². The second-order valence-corrected chi connectivity index (χ2v) is 6.22. The minimum absolute atomic E-state index is 0.0651. The maximum atomic E-state index is 12.4. The van der Waals surface area contributed by atoms with Gasteiger partial charge in [-0.1, -0.05) is 18.2 Å². The van der Waals surface area contributed by atoms with Crippen molar-refractivity contribution >= 4 is 23.5 Å². The van der Waals surface area contributed by atoms with Crippen LogP contribution >= 0.6 is 0 Å². The van der Waals surface area contributed by atoms with Gasteiger partial charge in [0.15, 0.2) is 0 Å². The molecule has 0 aliphatic carbocycles. The zero-order chi connectivity index (χ0) is 17.7. The van der Waals surface area contributed by atoms with Crippen molar-refractivity contribution in [3.8, 4) is 0 Å². The van der Waals surface area contributed by atoms with Gasteiger partial charge in [0.1, 0.15) is 6.54 Å². The Kier molecular flexibility index (Phi) is 5.56. The number of para-hydroxylation sites is 1. The number of anilines is 1. The van der Waals surface area contributed by atoms with Gasteiger partial charge in [-0.15, -0.1) is 0 Å². The predicted molar refractivity (Wildman–Crippen MR) is 87.8 cm³/mol. The van der Waals surface area contributed by atoms with Crippen LogP contribution in [0.3, 0.4) is 0 Å². The number of carbonyl (C=O) groups excluding carboxylic acids is 2. The van der Waals surface area contributed by atoms with Crippen LogP contribution in [0.15, 0.2) is 24.3 Å². The van der Waals surface area contributed by atoms with Crippen LogP contribution in [0.1, 0.15) is 25.3 Å². The maximum absolute atomic E-state index is 12.4. The number of nitrogens with one attached hydrogen (secondary N) is 1. The molecule has 0 radical (unpaired) electrons. The van der Waals surface area contributed by atoms with Gasteiger partial charge < -0.3 is 20.1 Å². The third-order valence-electron chi connectivity index (χ3n) is 3.94. The van der Waals surface area contributed by atoms with Gasteiger partial charge in [0.2, 0.25) is 11.8 Å². The number of fused-ring (bicyclic) bond motifs is 1. The Bertz CT molecular complexity index is 646. The SMILES string of the molecule is COCC(C)(CC(=O)O)NC(=O)CN1C(=O)CCc2ccccc21. The molecule has 130 valence electrons. The number of methoxy groups -OCH3 is 1. The number of aliphatic carboxylic acids is 1. The number of ether oxygens (including phenoxy) is 1. The smallest absolute Gasteiger partial charge is 0.305 e. The highest BCUT2D eigenvalue weighted by Crippen LogP contribution is 2.27. The Morgan fingerprint density at radius 3 is 2.71 bits per heavy atom. The van der Waals surface area contributed by atoms with Gasteiger partial charge >= 0.3 is 5.97 Å². The molecular weight excluding hydrogens is 312 g/mol. The molecule has 2 amide bonds. The molecule has 24 heavy (non-hydrogen) atoms. The molecule has 1 aliphatic rings. The lowest BCUT2D eigenvalue weighted by molar-refractivity contribution is -0.139. The van der Waals surface area contributed by atoms with Crippen molar-refractivity contribution in [2.75, 3.05) is 25.2 Å². The number of benzene rings is 1. The maximum Gasteiger partial charge on any atom is 0.305 e. The Hall–Kier alpha value is -2.41. The molecule has 1 aromatic rings. The Labute approximate surface area is 140 Å². The molecule has 2 rings (SSSR count). The molecule has 0 saturated heterocycles. The van der Waals surface area contributed by atoms with Crippen molar-refractivity contribution < 1.29 is 24.2 Å². The first-order chi connectivity index (χ1) is 11.3. The molecule has 1 heterocycles. The molecule has 1 aromatic carbocycles. The molecule has 0 spiro atoms. The molecule has 1 unspecified atom stereocenters. The number of hydrogen-bond acceptors (Lipinski definition) is 4. The minimum Gasteiger partial charge on any atom is -0.481 e. The standard InChI is InChI=1S/C17H22N2O5/c1-17(11-24-2,9-16(22)23)18-14(20)10-19-13-6-4-3-5-12(13)7-8-15(19)21/h3-6H,7-11H2,1-2H3,(H,18,20)(H,22,23). The number of aryl methyl sites for hydroxylation is 1. The highest BCUT2D eigenvalue weighted by Gasteiger charge is 2.32. The lowest BCUT2D eigenvalue weighted by Crippen LogP contribution is -2.54. The van der Waals surface area contributed by atoms with Crippen LogP contribution < -0.4 is 10.2 Å². The van der Waals surface area contributed by atoms with Crippen molar-refractivity contribution in [3.05, 3.63) is 29.8 Å². The number of carbonyl (C=O) groups is 3. The molecule has 1 aliphatic heterocycles. The summed E-state index contributed by atoms with van der Waals surface area (Å²) in [5.41, 5.74) is 0.724. The summed E-state index contributed by atoms with van der Waals surface area (Å²) < 4.78 is 5.02. The zero-order valence-electron chi connectivity index (χ0n) is 13.9. The second-order valence-electron chi connectivity index (χ2n) is 6.22. The molecule has 0 saturated carbocycles. The van der Waals surface area contributed by atoms with E-state index in [-0.39, 0.29) is 25.5 Å². The summed E-state index contributed by atoms with van der Waals surface area (Å²) in [6.07, 6.45) is 0.749. The lowest BCUT2D eigenvalue weighted by Gasteiger charge is -2.32. The molecular formula is C17H22N2O5. The van der Waals surface area contributed by atoms with Crippen molar-refractivity contribution in [2.24, 2.45) is 0 Å². The van der Waals surface area contributed by atoms with E-state index >= 15 is 0 Å². The Morgan fingerprint density at radius 1 is 1.33 bits per heavy atom. The van der Waals surface area contributed by atoms with Gasteiger partial charge in [0.05, 0.1) is 18.6 Å². The van der Waals surface area contributed by atoms with Crippen LogP contribution in [0.4, 0.5) is 5.69 Å². The fourth-order valence-electron chi connectivity index (χ4n) is 2.97. The topological polar surface area (TPSA) is 95.9 Å². The van der Waals surface area contributed by atoms with Crippen molar-refractivity contribution in [3.63, 3.8) is 0 Å². The van der Waals surface area contributed by atoms with E-state index in [1.165, 1.54) is 12.0 Å². The molecule has 2 N–H and O–H groups in total. The Morgan fingerprint density at radius 2 is 2.04 bits per heavy atom. The number of hydrogen-bond donors (Lipinski definition) is 2. The average molecular weight is 334 g/mol. The number of nitrogens with zero attached hydrogens (tertiary/aromatic N) is 1. The summed E-state index contributed by atoms with van der Waals surface area (Å²) in [6.45, 7) is 1.53. The lowest BCUT2D eigenvalue weighted by atomic mass is 9.98. The number of rotatable bonds is 7. The molecule has 1 atom stereocenters. The highest BCUT2D eigenvalue weighted by molar-refractivity contribution is 6.01. The monoisotopic (exact) mass is 334 g/mol. The first-order valence-corrected chi connectivity index (χ1v) is 7.75. The van der Waals surface area contributed by atoms with Gasteiger partial charge in [-0.25, -0.2) is 0 Å². The van der Waals surface area contributed by atoms with Crippen LogP contribution in [0, 0.1) is 0 Å². The zero-order valence-corrected chi connectivity index (χ0v) is 13.9. The van der Waals surface area contributed by atoms with E-state index in [0.717, 1.165) is 11.3 Å². The molecule has 7 heteroatoms. The first kappa shape index (κ1) is 17.9. The van der Waals surface area contributed by atoms with Gasteiger partial charge in [0, 0.05) is 19.2 Å². The summed E-state index contributed by atoms with van der Waals surface area (Å²) in [6, 6.07) is 7.47. The third-order valence-corrected chi connectivity index (χ3v) is 3.94. The first-order valence-electron chi connectivity index (χ1n) is 7.75. The van der Waals surface area contributed by atoms with E-state index in [2.05, 4.69) is 5.32 Å². The second kappa shape index (κ2) is 7.44. The third kappa shape index (κ3) is 4.32. The summed E-state index contributed by atoms with van der Waals surface area (Å²) in [5, 5.41) is 11.7. The quantitative estimate of drug-likeness (QED) is 0.774. The van der Waals surface area contributed by atoms with Crippen LogP contribution in [0.2, 0.25) is 0 Å². The van der Waals surface area contributed by atoms with Crippen LogP contribution in [0.5, 0.6) is 0 Å². The largest absolute Gasteiger partial charge is 0.481 e. The van der Waals surface area contributed by atoms with E-state index in [9.17, 15) is 14.4 Å². The van der Waals surface area contributed by atoms with E-state index in [4.69, 9.17) is 9.84 Å². The van der Waals surface area contributed by atoms with Crippen molar-refractivity contribution in [2.45, 2.75) is 31.7 Å². The Balaban J connectivity index is 2.11. The molecule has 0 aromatic heterocycles. The van der Waals surface area contributed by atoms with Crippen molar-refractivity contribution in [1.29, 1.82) is 0 Å². The summed E-state index contributed by atoms with van der Waals surface area (Å²) in [5.74, 6) is -1.56. The van der Waals surface area contributed by atoms with Crippen LogP contribution in [0.25, 0.3) is 0 Å². The van der Waals surface area contributed by atoms with Crippen molar-refractivity contribution in [1.82, 2.24) is 5.32 Å². The van der Waals surface area contributed by atoms with E-state index < -0.39 is 17.4 Å². The van der Waals surface area contributed by atoms with Gasteiger partial charge in [-0.05, 0) is 25.0 Å². The fraction of sp³-hybridized carbons (Fsp3) is 0.471. The number of carboxylic acid groups (broad SMARTS) is 1. The minimum atomic E-state index is -1.03. The van der Waals surface area contributed by atoms with E-state index in [1.54, 1.807) is 6.92 Å². The average Bonchev–Trinajstić information content (AvgIpc) is 2.49. The summed E-state index contributed by atoms with van der Waals surface area (Å²) in [4.78, 5) is 37.0. The fourth-order valence-corrected chi connectivity index (χ4v) is 2.97. The normalized spacial score (nSPS) is 16.2. The number of carboxylic acids is 1. The predicted octanol–water partition coefficient (Wildman–Crippen LogP) is 0.962. The molecule has 0 fully saturated rings.